The zero-order valence-corrected chi connectivity index (χ0v) is 18.0. The Hall–Kier alpha value is -2.93. The number of fused-ring (bicyclic) bond motifs is 1. The minimum absolute atomic E-state index is 0.0900. The summed E-state index contributed by atoms with van der Waals surface area (Å²) in [6.07, 6.45) is 0. The molecule has 0 radical (unpaired) electrons. The lowest BCUT2D eigenvalue weighted by molar-refractivity contribution is 0.0978. The predicted octanol–water partition coefficient (Wildman–Crippen LogP) is 6.24. The van der Waals surface area contributed by atoms with Crippen molar-refractivity contribution in [2.75, 3.05) is 5.32 Å². The summed E-state index contributed by atoms with van der Waals surface area (Å²) >= 11 is 17.6. The van der Waals surface area contributed by atoms with Gasteiger partial charge in [0, 0.05) is 5.56 Å². The molecule has 0 aliphatic rings. The van der Waals surface area contributed by atoms with Crippen LogP contribution >= 0.6 is 35.4 Å². The number of carbonyl (C=O) groups is 1. The first-order valence-corrected chi connectivity index (χ1v) is 10.1. The normalized spacial score (nSPS) is 10.8. The van der Waals surface area contributed by atoms with Gasteiger partial charge in [-0.05, 0) is 67.2 Å². The van der Waals surface area contributed by atoms with Gasteiger partial charge in [0.05, 0.1) is 21.3 Å². The van der Waals surface area contributed by atoms with E-state index in [-0.39, 0.29) is 5.11 Å². The van der Waals surface area contributed by atoms with Crippen LogP contribution in [-0.2, 0) is 0 Å². The third kappa shape index (κ3) is 4.31. The SMILES string of the molecule is Cc1ccc2oc(-c3ccc(Cl)c(NC(=S)NC(=O)c4ccccc4Cl)c3)nc2c1. The lowest BCUT2D eigenvalue weighted by atomic mass is 10.2. The molecule has 0 fully saturated rings. The summed E-state index contributed by atoms with van der Waals surface area (Å²) in [6.45, 7) is 2.00. The van der Waals surface area contributed by atoms with Gasteiger partial charge in [-0.1, -0.05) is 41.4 Å². The van der Waals surface area contributed by atoms with E-state index in [0.717, 1.165) is 16.6 Å². The molecule has 4 rings (SSSR count). The maximum atomic E-state index is 12.4. The van der Waals surface area contributed by atoms with Crippen LogP contribution in [0.3, 0.4) is 0 Å². The number of thiocarbonyl (C=S) groups is 1. The number of anilines is 1. The van der Waals surface area contributed by atoms with Crippen LogP contribution < -0.4 is 10.6 Å². The Morgan fingerprint density at radius 1 is 1.03 bits per heavy atom. The molecule has 0 aliphatic carbocycles. The van der Waals surface area contributed by atoms with Gasteiger partial charge in [0.25, 0.3) is 5.91 Å². The minimum atomic E-state index is -0.417. The molecule has 0 spiro atoms. The molecule has 0 saturated carbocycles. The largest absolute Gasteiger partial charge is 0.436 e. The highest BCUT2D eigenvalue weighted by Gasteiger charge is 2.14. The molecule has 2 N–H and O–H groups in total. The van der Waals surface area contributed by atoms with Crippen LogP contribution in [0.1, 0.15) is 15.9 Å². The molecule has 0 unspecified atom stereocenters. The van der Waals surface area contributed by atoms with Crippen molar-refractivity contribution in [2.45, 2.75) is 6.92 Å². The Morgan fingerprint density at radius 3 is 2.63 bits per heavy atom. The molecular formula is C22H15Cl2N3O2S. The Bertz CT molecular complexity index is 1290. The lowest BCUT2D eigenvalue weighted by Crippen LogP contribution is -2.34. The molecule has 4 aromatic rings. The first kappa shape index (κ1) is 20.3. The Morgan fingerprint density at radius 2 is 1.83 bits per heavy atom. The Labute approximate surface area is 188 Å². The zero-order chi connectivity index (χ0) is 21.3. The van der Waals surface area contributed by atoms with Gasteiger partial charge in [-0.25, -0.2) is 4.98 Å². The second-order valence-electron chi connectivity index (χ2n) is 6.57. The number of rotatable bonds is 3. The number of aromatic nitrogens is 1. The van der Waals surface area contributed by atoms with Crippen LogP contribution in [0.4, 0.5) is 5.69 Å². The second kappa shape index (κ2) is 8.44. The summed E-state index contributed by atoms with van der Waals surface area (Å²) < 4.78 is 5.85. The number of oxazole rings is 1. The average molecular weight is 456 g/mol. The fraction of sp³-hybridized carbons (Fsp3) is 0.0455. The fourth-order valence-electron chi connectivity index (χ4n) is 2.88. The summed E-state index contributed by atoms with van der Waals surface area (Å²) in [7, 11) is 0. The zero-order valence-electron chi connectivity index (χ0n) is 15.7. The highest BCUT2D eigenvalue weighted by atomic mass is 35.5. The van der Waals surface area contributed by atoms with Crippen LogP contribution in [0.5, 0.6) is 0 Å². The lowest BCUT2D eigenvalue weighted by Gasteiger charge is -2.12. The van der Waals surface area contributed by atoms with Crippen molar-refractivity contribution < 1.29 is 9.21 Å². The van der Waals surface area contributed by atoms with Crippen molar-refractivity contribution in [3.05, 3.63) is 81.8 Å². The van der Waals surface area contributed by atoms with Gasteiger partial charge < -0.3 is 9.73 Å². The molecule has 150 valence electrons. The number of amides is 1. The van der Waals surface area contributed by atoms with E-state index in [4.69, 9.17) is 39.8 Å². The average Bonchev–Trinajstić information content (AvgIpc) is 3.13. The summed E-state index contributed by atoms with van der Waals surface area (Å²) in [5.74, 6) is 0.0426. The molecule has 0 saturated heterocycles. The summed E-state index contributed by atoms with van der Waals surface area (Å²) in [6, 6.07) is 17.8. The van der Waals surface area contributed by atoms with Gasteiger partial charge in [-0.2, -0.15) is 0 Å². The van der Waals surface area contributed by atoms with E-state index in [2.05, 4.69) is 15.6 Å². The van der Waals surface area contributed by atoms with E-state index in [0.29, 0.717) is 32.8 Å². The van der Waals surface area contributed by atoms with Gasteiger partial charge in [-0.15, -0.1) is 0 Å². The Balaban J connectivity index is 1.55. The predicted molar refractivity (Wildman–Crippen MR) is 124 cm³/mol. The monoisotopic (exact) mass is 455 g/mol. The number of aryl methyl sites for hydroxylation is 1. The van der Waals surface area contributed by atoms with Crippen molar-refractivity contribution in [1.82, 2.24) is 10.3 Å². The molecule has 0 atom stereocenters. The standard InChI is InChI=1S/C22H15Cl2N3O2S/c1-12-6-9-19-18(10-12)25-21(29-19)13-7-8-16(24)17(11-13)26-22(30)27-20(28)14-4-2-3-5-15(14)23/h2-11H,1H3,(H2,26,27,28,30). The molecule has 1 aromatic heterocycles. The summed E-state index contributed by atoms with van der Waals surface area (Å²) in [5, 5.41) is 6.39. The number of nitrogens with zero attached hydrogens (tertiary/aromatic N) is 1. The third-order valence-corrected chi connectivity index (χ3v) is 5.21. The molecule has 0 bridgehead atoms. The molecule has 1 amide bonds. The van der Waals surface area contributed by atoms with Crippen LogP contribution in [0, 0.1) is 6.92 Å². The number of hydrogen-bond acceptors (Lipinski definition) is 4. The highest BCUT2D eigenvalue weighted by Crippen LogP contribution is 2.30. The molecule has 30 heavy (non-hydrogen) atoms. The molecule has 5 nitrogen and oxygen atoms in total. The smallest absolute Gasteiger partial charge is 0.258 e. The molecule has 3 aromatic carbocycles. The van der Waals surface area contributed by atoms with E-state index in [1.807, 2.05) is 25.1 Å². The second-order valence-corrected chi connectivity index (χ2v) is 7.80. The number of halogens is 2. The van der Waals surface area contributed by atoms with Crippen molar-refractivity contribution >= 4 is 63.2 Å². The molecule has 8 heteroatoms. The summed E-state index contributed by atoms with van der Waals surface area (Å²) in [5.41, 5.74) is 4.12. The summed E-state index contributed by atoms with van der Waals surface area (Å²) in [4.78, 5) is 16.9. The maximum absolute atomic E-state index is 12.4. The Kier molecular flexibility index (Phi) is 5.72. The van der Waals surface area contributed by atoms with Gasteiger partial charge in [0.2, 0.25) is 5.89 Å². The topological polar surface area (TPSA) is 67.2 Å². The van der Waals surface area contributed by atoms with Crippen molar-refractivity contribution in [3.8, 4) is 11.5 Å². The number of hydrogen-bond donors (Lipinski definition) is 2. The van der Waals surface area contributed by atoms with E-state index in [1.54, 1.807) is 42.5 Å². The van der Waals surface area contributed by atoms with Crippen molar-refractivity contribution in [2.24, 2.45) is 0 Å². The fourth-order valence-corrected chi connectivity index (χ4v) is 3.47. The number of carbonyl (C=O) groups excluding carboxylic acids is 1. The molecular weight excluding hydrogens is 441 g/mol. The third-order valence-electron chi connectivity index (χ3n) is 4.35. The van der Waals surface area contributed by atoms with E-state index in [1.165, 1.54) is 0 Å². The van der Waals surface area contributed by atoms with Crippen molar-refractivity contribution in [3.63, 3.8) is 0 Å². The van der Waals surface area contributed by atoms with Crippen LogP contribution in [0.25, 0.3) is 22.6 Å². The first-order chi connectivity index (χ1) is 14.4. The van der Waals surface area contributed by atoms with E-state index < -0.39 is 5.91 Å². The van der Waals surface area contributed by atoms with Crippen LogP contribution in [-0.4, -0.2) is 16.0 Å². The van der Waals surface area contributed by atoms with Crippen molar-refractivity contribution in [1.29, 1.82) is 0 Å². The van der Waals surface area contributed by atoms with Gasteiger partial charge in [0.1, 0.15) is 5.52 Å². The van der Waals surface area contributed by atoms with Gasteiger partial charge in [0.15, 0.2) is 10.7 Å². The molecule has 1 heterocycles. The van der Waals surface area contributed by atoms with E-state index in [9.17, 15) is 4.79 Å². The van der Waals surface area contributed by atoms with Crippen LogP contribution in [0.15, 0.2) is 65.1 Å². The highest BCUT2D eigenvalue weighted by molar-refractivity contribution is 7.80. The van der Waals surface area contributed by atoms with Crippen LogP contribution in [0.2, 0.25) is 10.0 Å². The maximum Gasteiger partial charge on any atom is 0.258 e. The van der Waals surface area contributed by atoms with Gasteiger partial charge in [-0.3, -0.25) is 10.1 Å². The molecule has 0 aliphatic heterocycles. The number of nitrogens with one attached hydrogen (secondary N) is 2. The number of benzene rings is 3. The first-order valence-electron chi connectivity index (χ1n) is 8.95. The minimum Gasteiger partial charge on any atom is -0.436 e. The van der Waals surface area contributed by atoms with Gasteiger partial charge >= 0.3 is 0 Å². The quantitative estimate of drug-likeness (QED) is 0.358. The van der Waals surface area contributed by atoms with E-state index >= 15 is 0 Å².